The van der Waals surface area contributed by atoms with Crippen molar-refractivity contribution in [3.63, 3.8) is 0 Å². The van der Waals surface area contributed by atoms with Gasteiger partial charge < -0.3 is 10.6 Å². The Balaban J connectivity index is 0.00000240. The van der Waals surface area contributed by atoms with Crippen molar-refractivity contribution < 1.29 is 14.0 Å². The maximum Gasteiger partial charge on any atom is 0.229 e. The summed E-state index contributed by atoms with van der Waals surface area (Å²) in [7, 11) is 0. The minimum Gasteiger partial charge on any atom is -0.316 e. The Bertz CT molecular complexity index is 1060. The van der Waals surface area contributed by atoms with Crippen LogP contribution in [0.2, 0.25) is 0 Å². The summed E-state index contributed by atoms with van der Waals surface area (Å²) >= 11 is 0. The Labute approximate surface area is 173 Å². The fraction of sp³-hybridized carbons (Fsp3) is 0.286. The van der Waals surface area contributed by atoms with Crippen LogP contribution in [0, 0.1) is 11.7 Å². The number of carbonyl (C=O) groups excluding carboxylic acids is 2. The highest BCUT2D eigenvalue weighted by molar-refractivity contribution is 6.02. The van der Waals surface area contributed by atoms with E-state index in [1.807, 2.05) is 0 Å². The van der Waals surface area contributed by atoms with Crippen LogP contribution in [0.25, 0.3) is 22.0 Å². The molecule has 0 aliphatic carbocycles. The topological polar surface area (TPSA) is 86.9 Å². The van der Waals surface area contributed by atoms with Gasteiger partial charge in [-0.2, -0.15) is 5.10 Å². The number of rotatable bonds is 4. The van der Waals surface area contributed by atoms with E-state index in [2.05, 4.69) is 20.8 Å². The summed E-state index contributed by atoms with van der Waals surface area (Å²) in [5.41, 5.74) is 2.14. The van der Waals surface area contributed by atoms with E-state index in [0.29, 0.717) is 34.4 Å². The number of hydrogen-bond acceptors (Lipinski definition) is 4. The second kappa shape index (κ2) is 8.71. The number of benzene rings is 2. The smallest absolute Gasteiger partial charge is 0.229 e. The molecule has 0 spiro atoms. The van der Waals surface area contributed by atoms with E-state index < -0.39 is 5.82 Å². The molecule has 0 radical (unpaired) electrons. The van der Waals surface area contributed by atoms with Gasteiger partial charge in [0, 0.05) is 23.1 Å². The van der Waals surface area contributed by atoms with E-state index in [-0.39, 0.29) is 30.0 Å². The standard InChI is InChI=1S/C21H21FN4O2.ClH/c1-12(27)13-4-6-18(22)16(9-13)14-5-7-19-17(10-14)20(26-25-19)24-21(28)15-3-2-8-23-11-15;/h4-7,9-10,15,23H,2-3,8,11H2,1H3,(H2,24,25,26,28);1H. The number of ketones is 1. The molecule has 1 fully saturated rings. The number of nitrogens with one attached hydrogen (secondary N) is 3. The van der Waals surface area contributed by atoms with Crippen molar-refractivity contribution in [3.8, 4) is 11.1 Å². The molecule has 1 aliphatic heterocycles. The third-order valence-corrected chi connectivity index (χ3v) is 5.16. The summed E-state index contributed by atoms with van der Waals surface area (Å²) in [6.45, 7) is 3.04. The average Bonchev–Trinajstić information content (AvgIpc) is 3.11. The number of H-pyrrole nitrogens is 1. The number of amides is 1. The Kier molecular flexibility index (Phi) is 6.30. The average molecular weight is 417 g/mol. The Morgan fingerprint density at radius 1 is 1.21 bits per heavy atom. The molecule has 152 valence electrons. The summed E-state index contributed by atoms with van der Waals surface area (Å²) in [5, 5.41) is 13.9. The molecule has 1 unspecified atom stereocenters. The number of Topliss-reactive ketones (excluding diaryl/α,β-unsaturated/α-hetero) is 1. The van der Waals surface area contributed by atoms with Gasteiger partial charge in [-0.15, -0.1) is 12.4 Å². The largest absolute Gasteiger partial charge is 0.316 e. The molecule has 6 nitrogen and oxygen atoms in total. The quantitative estimate of drug-likeness (QED) is 0.562. The fourth-order valence-corrected chi connectivity index (χ4v) is 3.54. The molecule has 4 rings (SSSR count). The van der Waals surface area contributed by atoms with Crippen molar-refractivity contribution in [1.82, 2.24) is 15.5 Å². The zero-order chi connectivity index (χ0) is 19.7. The predicted molar refractivity (Wildman–Crippen MR) is 113 cm³/mol. The van der Waals surface area contributed by atoms with Crippen LogP contribution in [0.15, 0.2) is 36.4 Å². The molecule has 1 atom stereocenters. The molecule has 1 amide bonds. The lowest BCUT2D eigenvalue weighted by Crippen LogP contribution is -2.37. The van der Waals surface area contributed by atoms with Crippen molar-refractivity contribution in [3.05, 3.63) is 47.8 Å². The summed E-state index contributed by atoms with van der Waals surface area (Å²) in [6.07, 6.45) is 1.81. The first kappa shape index (κ1) is 21.0. The summed E-state index contributed by atoms with van der Waals surface area (Å²) in [6, 6.07) is 9.64. The van der Waals surface area contributed by atoms with Gasteiger partial charge in [0.1, 0.15) is 5.82 Å². The van der Waals surface area contributed by atoms with Gasteiger partial charge in [-0.1, -0.05) is 6.07 Å². The van der Waals surface area contributed by atoms with Crippen LogP contribution >= 0.6 is 12.4 Å². The number of anilines is 1. The molecular formula is C21H22ClFN4O2. The van der Waals surface area contributed by atoms with Crippen LogP contribution in [0.1, 0.15) is 30.1 Å². The molecule has 0 bridgehead atoms. The van der Waals surface area contributed by atoms with Crippen LogP contribution < -0.4 is 10.6 Å². The molecule has 2 aromatic carbocycles. The Morgan fingerprint density at radius 3 is 2.76 bits per heavy atom. The van der Waals surface area contributed by atoms with Gasteiger partial charge in [0.15, 0.2) is 11.6 Å². The second-order valence-electron chi connectivity index (χ2n) is 7.12. The first-order chi connectivity index (χ1) is 13.5. The maximum absolute atomic E-state index is 14.4. The van der Waals surface area contributed by atoms with Crippen molar-refractivity contribution in [2.24, 2.45) is 5.92 Å². The number of nitrogens with zero attached hydrogens (tertiary/aromatic N) is 1. The number of aromatic nitrogens is 2. The first-order valence-electron chi connectivity index (χ1n) is 9.33. The predicted octanol–water partition coefficient (Wildman–Crippen LogP) is 3.93. The van der Waals surface area contributed by atoms with Gasteiger partial charge in [0.2, 0.25) is 5.91 Å². The fourth-order valence-electron chi connectivity index (χ4n) is 3.54. The highest BCUT2D eigenvalue weighted by Gasteiger charge is 2.22. The van der Waals surface area contributed by atoms with Crippen molar-refractivity contribution in [2.75, 3.05) is 18.4 Å². The lowest BCUT2D eigenvalue weighted by Gasteiger charge is -2.21. The summed E-state index contributed by atoms with van der Waals surface area (Å²) in [5.74, 6) is -0.272. The van der Waals surface area contributed by atoms with Crippen LogP contribution in [-0.2, 0) is 4.79 Å². The number of halogens is 2. The van der Waals surface area contributed by atoms with E-state index in [1.165, 1.54) is 19.1 Å². The van der Waals surface area contributed by atoms with Crippen molar-refractivity contribution in [2.45, 2.75) is 19.8 Å². The highest BCUT2D eigenvalue weighted by atomic mass is 35.5. The Morgan fingerprint density at radius 2 is 2.03 bits per heavy atom. The van der Waals surface area contributed by atoms with E-state index in [9.17, 15) is 14.0 Å². The number of carbonyl (C=O) groups is 2. The normalized spacial score (nSPS) is 16.3. The van der Waals surface area contributed by atoms with Gasteiger partial charge in [-0.25, -0.2) is 4.39 Å². The van der Waals surface area contributed by atoms with Crippen LogP contribution in [0.3, 0.4) is 0 Å². The van der Waals surface area contributed by atoms with Gasteiger partial charge in [0.05, 0.1) is 11.4 Å². The maximum atomic E-state index is 14.4. The zero-order valence-corrected chi connectivity index (χ0v) is 16.7. The van der Waals surface area contributed by atoms with Crippen LogP contribution in [0.4, 0.5) is 10.2 Å². The molecule has 0 saturated carbocycles. The third-order valence-electron chi connectivity index (χ3n) is 5.16. The highest BCUT2D eigenvalue weighted by Crippen LogP contribution is 2.30. The van der Waals surface area contributed by atoms with Gasteiger partial charge in [-0.05, 0) is 62.2 Å². The van der Waals surface area contributed by atoms with Crippen molar-refractivity contribution in [1.29, 1.82) is 0 Å². The van der Waals surface area contributed by atoms with Crippen LogP contribution in [-0.4, -0.2) is 35.0 Å². The van der Waals surface area contributed by atoms with Gasteiger partial charge in [0.25, 0.3) is 0 Å². The Hall–Kier alpha value is -2.77. The zero-order valence-electron chi connectivity index (χ0n) is 15.9. The number of fused-ring (bicyclic) bond motifs is 1. The van der Waals surface area contributed by atoms with E-state index in [0.717, 1.165) is 24.9 Å². The molecule has 8 heteroatoms. The van der Waals surface area contributed by atoms with Crippen LogP contribution in [0.5, 0.6) is 0 Å². The number of aromatic amines is 1. The molecular weight excluding hydrogens is 395 g/mol. The lowest BCUT2D eigenvalue weighted by atomic mass is 9.98. The SMILES string of the molecule is CC(=O)c1ccc(F)c(-c2ccc3[nH]nc(NC(=O)C4CCCNC4)c3c2)c1.Cl. The van der Waals surface area contributed by atoms with E-state index in [4.69, 9.17) is 0 Å². The van der Waals surface area contributed by atoms with Crippen molar-refractivity contribution >= 4 is 40.8 Å². The van der Waals surface area contributed by atoms with E-state index in [1.54, 1.807) is 24.3 Å². The summed E-state index contributed by atoms with van der Waals surface area (Å²) < 4.78 is 14.4. The molecule has 2 heterocycles. The molecule has 1 saturated heterocycles. The molecule has 29 heavy (non-hydrogen) atoms. The van der Waals surface area contributed by atoms with Gasteiger partial charge in [-0.3, -0.25) is 14.7 Å². The minimum atomic E-state index is -0.410. The molecule has 3 N–H and O–H groups in total. The van der Waals surface area contributed by atoms with Gasteiger partial charge >= 0.3 is 0 Å². The molecule has 3 aromatic rings. The molecule has 1 aliphatic rings. The molecule has 1 aromatic heterocycles. The lowest BCUT2D eigenvalue weighted by molar-refractivity contribution is -0.120. The summed E-state index contributed by atoms with van der Waals surface area (Å²) in [4.78, 5) is 24.2. The number of hydrogen-bond donors (Lipinski definition) is 3. The number of piperidine rings is 1. The van der Waals surface area contributed by atoms with E-state index >= 15 is 0 Å². The minimum absolute atomic E-state index is 0. The second-order valence-corrected chi connectivity index (χ2v) is 7.12. The first-order valence-corrected chi connectivity index (χ1v) is 9.33. The monoisotopic (exact) mass is 416 g/mol. The third kappa shape index (κ3) is 4.31.